The van der Waals surface area contributed by atoms with Gasteiger partial charge in [0, 0.05) is 35.9 Å². The number of aliphatic carboxylic acids is 1. The van der Waals surface area contributed by atoms with Crippen LogP contribution in [0.2, 0.25) is 5.02 Å². The molecule has 0 spiro atoms. The number of imidazole rings is 1. The first-order chi connectivity index (χ1) is 14.8. The minimum absolute atomic E-state index is 0.218. The van der Waals surface area contributed by atoms with E-state index in [-0.39, 0.29) is 5.56 Å². The van der Waals surface area contributed by atoms with Gasteiger partial charge in [0.2, 0.25) is 5.78 Å². The molecule has 0 radical (unpaired) electrons. The lowest BCUT2D eigenvalue weighted by Crippen LogP contribution is -2.49. The fraction of sp³-hybridized carbons (Fsp3) is 0.435. The first-order valence-corrected chi connectivity index (χ1v) is 11.1. The summed E-state index contributed by atoms with van der Waals surface area (Å²) in [5, 5.41) is 10.5. The van der Waals surface area contributed by atoms with Crippen LogP contribution in [-0.2, 0) is 11.3 Å². The van der Waals surface area contributed by atoms with Crippen molar-refractivity contribution < 1.29 is 9.90 Å². The summed E-state index contributed by atoms with van der Waals surface area (Å²) in [6.45, 7) is 5.13. The highest BCUT2D eigenvalue weighted by atomic mass is 35.5. The molecule has 1 aromatic carbocycles. The maximum Gasteiger partial charge on any atom is 0.329 e. The third kappa shape index (κ3) is 3.83. The molecule has 3 aromatic rings. The van der Waals surface area contributed by atoms with Gasteiger partial charge in [-0.15, -0.1) is 0 Å². The second-order valence-electron chi connectivity index (χ2n) is 8.34. The molecule has 1 saturated heterocycles. The quantitative estimate of drug-likeness (QED) is 0.547. The van der Waals surface area contributed by atoms with E-state index in [1.165, 1.54) is 0 Å². The van der Waals surface area contributed by atoms with E-state index in [1.54, 1.807) is 35.7 Å². The smallest absolute Gasteiger partial charge is 0.329 e. The maximum atomic E-state index is 13.0. The van der Waals surface area contributed by atoms with Crippen molar-refractivity contribution in [3.05, 3.63) is 51.9 Å². The number of fused-ring (bicyclic) bond motifs is 1. The summed E-state index contributed by atoms with van der Waals surface area (Å²) in [5.41, 5.74) is 0.287. The molecule has 0 amide bonds. The number of unbranched alkanes of at least 4 members (excludes halogenated alkanes) is 2. The number of carboxylic acid groups (broad SMARTS) is 1. The minimum Gasteiger partial charge on any atom is -0.480 e. The van der Waals surface area contributed by atoms with Crippen molar-refractivity contribution in [3.63, 3.8) is 0 Å². The van der Waals surface area contributed by atoms with E-state index in [1.807, 2.05) is 21.6 Å². The molecule has 0 bridgehead atoms. The van der Waals surface area contributed by atoms with Crippen molar-refractivity contribution in [1.29, 1.82) is 0 Å². The molecule has 1 N–H and O–H groups in total. The Kier molecular flexibility index (Phi) is 5.79. The molecule has 7 nitrogen and oxygen atoms in total. The predicted molar refractivity (Wildman–Crippen MR) is 122 cm³/mol. The molecule has 31 heavy (non-hydrogen) atoms. The van der Waals surface area contributed by atoms with E-state index in [2.05, 4.69) is 6.92 Å². The van der Waals surface area contributed by atoms with E-state index in [0.717, 1.165) is 31.2 Å². The second-order valence-corrected chi connectivity index (χ2v) is 8.77. The Balaban J connectivity index is 1.89. The first kappa shape index (κ1) is 21.4. The Morgan fingerprint density at radius 2 is 2.00 bits per heavy atom. The van der Waals surface area contributed by atoms with Crippen LogP contribution in [0.5, 0.6) is 0 Å². The lowest BCUT2D eigenvalue weighted by molar-refractivity contribution is -0.142. The number of nitrogens with zero attached hydrogens (tertiary/aromatic N) is 4. The van der Waals surface area contributed by atoms with Gasteiger partial charge in [0.25, 0.3) is 5.56 Å². The Morgan fingerprint density at radius 1 is 1.26 bits per heavy atom. The van der Waals surface area contributed by atoms with Gasteiger partial charge < -0.3 is 10.0 Å². The van der Waals surface area contributed by atoms with Crippen molar-refractivity contribution >= 4 is 29.2 Å². The molecule has 1 aliphatic rings. The molecule has 3 heterocycles. The summed E-state index contributed by atoms with van der Waals surface area (Å²) in [6, 6.07) is 8.89. The van der Waals surface area contributed by atoms with Gasteiger partial charge in [0.15, 0.2) is 0 Å². The molecule has 2 aromatic heterocycles. The lowest BCUT2D eigenvalue weighted by Gasteiger charge is -2.34. The zero-order valence-corrected chi connectivity index (χ0v) is 18.6. The van der Waals surface area contributed by atoms with Gasteiger partial charge in [-0.1, -0.05) is 43.5 Å². The maximum absolute atomic E-state index is 13.0. The summed E-state index contributed by atoms with van der Waals surface area (Å²) < 4.78 is 3.55. The molecule has 4 rings (SSSR count). The van der Waals surface area contributed by atoms with E-state index in [4.69, 9.17) is 16.6 Å². The molecule has 0 saturated carbocycles. The Hall–Kier alpha value is -2.80. The van der Waals surface area contributed by atoms with Gasteiger partial charge in [-0.25, -0.2) is 9.78 Å². The van der Waals surface area contributed by atoms with Crippen LogP contribution in [0.25, 0.3) is 17.0 Å². The van der Waals surface area contributed by atoms with E-state index < -0.39 is 11.5 Å². The van der Waals surface area contributed by atoms with Crippen LogP contribution in [0.3, 0.4) is 0 Å². The van der Waals surface area contributed by atoms with Gasteiger partial charge in [0.05, 0.1) is 5.69 Å². The topological polar surface area (TPSA) is 79.8 Å². The summed E-state index contributed by atoms with van der Waals surface area (Å²) in [7, 11) is 0. The molecule has 8 heteroatoms. The fourth-order valence-electron chi connectivity index (χ4n) is 4.35. The number of carbonyl (C=O) groups is 1. The van der Waals surface area contributed by atoms with Crippen LogP contribution in [0.1, 0.15) is 46.0 Å². The highest BCUT2D eigenvalue weighted by molar-refractivity contribution is 6.30. The Bertz CT molecular complexity index is 1170. The number of carboxylic acids is 1. The molecule has 1 atom stereocenters. The van der Waals surface area contributed by atoms with E-state index >= 15 is 0 Å². The lowest BCUT2D eigenvalue weighted by atomic mass is 9.99. The number of halogens is 1. The highest BCUT2D eigenvalue weighted by Gasteiger charge is 2.44. The Labute approximate surface area is 185 Å². The van der Waals surface area contributed by atoms with E-state index in [9.17, 15) is 14.7 Å². The normalized spacial score (nSPS) is 18.7. The van der Waals surface area contributed by atoms with Crippen LogP contribution in [0.4, 0.5) is 5.82 Å². The molecule has 0 aliphatic carbocycles. The second kappa shape index (κ2) is 8.38. The van der Waals surface area contributed by atoms with E-state index in [0.29, 0.717) is 41.8 Å². The third-order valence-electron chi connectivity index (χ3n) is 6.20. The number of rotatable bonds is 7. The minimum atomic E-state index is -1.04. The van der Waals surface area contributed by atoms with Gasteiger partial charge in [-0.3, -0.25) is 13.8 Å². The molecular formula is C23H27ClN4O3. The summed E-state index contributed by atoms with van der Waals surface area (Å²) in [5.74, 6) is 0.287. The van der Waals surface area contributed by atoms with Crippen molar-refractivity contribution in [1.82, 2.24) is 14.0 Å². The summed E-state index contributed by atoms with van der Waals surface area (Å²) in [6.07, 6.45) is 6.07. The van der Waals surface area contributed by atoms with Crippen LogP contribution >= 0.6 is 11.6 Å². The number of anilines is 1. The first-order valence-electron chi connectivity index (χ1n) is 10.7. The van der Waals surface area contributed by atoms with Crippen LogP contribution in [0.15, 0.2) is 41.3 Å². The SMILES string of the molecule is CCCCCn1c(N2CCC[C@@]2(C)C(=O)O)cc(=O)n2cc(-c3ccc(Cl)cc3)nc12. The molecule has 1 fully saturated rings. The molecular weight excluding hydrogens is 416 g/mol. The van der Waals surface area contributed by atoms with Gasteiger partial charge in [-0.05, 0) is 38.3 Å². The molecule has 0 unspecified atom stereocenters. The van der Waals surface area contributed by atoms with Crippen molar-refractivity contribution in [2.24, 2.45) is 0 Å². The summed E-state index contributed by atoms with van der Waals surface area (Å²) in [4.78, 5) is 31.8. The van der Waals surface area contributed by atoms with Gasteiger partial charge in [-0.2, -0.15) is 0 Å². The van der Waals surface area contributed by atoms with Crippen molar-refractivity contribution in [2.45, 2.75) is 58.0 Å². The highest BCUT2D eigenvalue weighted by Crippen LogP contribution is 2.35. The molecule has 1 aliphatic heterocycles. The zero-order chi connectivity index (χ0) is 22.2. The molecule has 164 valence electrons. The fourth-order valence-corrected chi connectivity index (χ4v) is 4.48. The van der Waals surface area contributed by atoms with Crippen LogP contribution in [0, 0.1) is 0 Å². The average Bonchev–Trinajstić information content (AvgIpc) is 3.35. The number of hydrogen-bond donors (Lipinski definition) is 1. The van der Waals surface area contributed by atoms with Gasteiger partial charge in [0.1, 0.15) is 11.4 Å². The van der Waals surface area contributed by atoms with Crippen molar-refractivity contribution in [2.75, 3.05) is 11.4 Å². The Morgan fingerprint density at radius 3 is 2.68 bits per heavy atom. The largest absolute Gasteiger partial charge is 0.480 e. The number of aryl methyl sites for hydroxylation is 1. The van der Waals surface area contributed by atoms with Crippen LogP contribution in [-0.4, -0.2) is 37.1 Å². The standard InChI is InChI=1S/C23H27ClN4O3/c1-3-4-5-12-26-19(28-13-6-11-23(28,2)21(30)31)14-20(29)27-15-18(25-22(26)27)16-7-9-17(24)10-8-16/h7-10,14-15H,3-6,11-13H2,1-2H3,(H,30,31)/t23-/m0/s1. The number of hydrogen-bond acceptors (Lipinski definition) is 4. The monoisotopic (exact) mass is 442 g/mol. The number of aromatic nitrogens is 3. The summed E-state index contributed by atoms with van der Waals surface area (Å²) >= 11 is 6.01. The average molecular weight is 443 g/mol. The van der Waals surface area contributed by atoms with Gasteiger partial charge >= 0.3 is 5.97 Å². The number of benzene rings is 1. The predicted octanol–water partition coefficient (Wildman–Crippen LogP) is 4.45. The van der Waals surface area contributed by atoms with Crippen molar-refractivity contribution in [3.8, 4) is 11.3 Å². The third-order valence-corrected chi connectivity index (χ3v) is 6.45. The zero-order valence-electron chi connectivity index (χ0n) is 17.8. The van der Waals surface area contributed by atoms with Crippen LogP contribution < -0.4 is 10.5 Å².